The number of carbonyl (C=O) groups is 1. The van der Waals surface area contributed by atoms with Crippen molar-refractivity contribution in [3.05, 3.63) is 24.0 Å². The zero-order valence-corrected chi connectivity index (χ0v) is 9.94. The molecule has 0 aliphatic carbocycles. The summed E-state index contributed by atoms with van der Waals surface area (Å²) in [6.07, 6.45) is 3.93. The van der Waals surface area contributed by atoms with Crippen LogP contribution in [-0.4, -0.2) is 53.9 Å². The molecule has 4 heteroatoms. The van der Waals surface area contributed by atoms with Gasteiger partial charge in [0.2, 0.25) is 0 Å². The molecule has 0 unspecified atom stereocenters. The van der Waals surface area contributed by atoms with Crippen LogP contribution in [0.15, 0.2) is 18.3 Å². The highest BCUT2D eigenvalue weighted by molar-refractivity contribution is 5.92. The van der Waals surface area contributed by atoms with Gasteiger partial charge in [-0.1, -0.05) is 0 Å². The van der Waals surface area contributed by atoms with Gasteiger partial charge in [-0.2, -0.15) is 0 Å². The first-order valence-corrected chi connectivity index (χ1v) is 5.77. The number of likely N-dealkylation sites (tertiary alicyclic amines) is 1. The fraction of sp³-hybridized carbons (Fsp3) is 0.583. The van der Waals surface area contributed by atoms with Gasteiger partial charge >= 0.3 is 0 Å². The second-order valence-electron chi connectivity index (χ2n) is 4.53. The number of aromatic amines is 1. The van der Waals surface area contributed by atoms with Crippen LogP contribution in [0, 0.1) is 0 Å². The Morgan fingerprint density at radius 1 is 1.50 bits per heavy atom. The van der Waals surface area contributed by atoms with E-state index < -0.39 is 0 Å². The number of carbonyl (C=O) groups excluding carboxylic acids is 1. The molecular weight excluding hydrogens is 202 g/mol. The highest BCUT2D eigenvalue weighted by atomic mass is 16.2. The van der Waals surface area contributed by atoms with Gasteiger partial charge in [0, 0.05) is 19.3 Å². The van der Waals surface area contributed by atoms with Gasteiger partial charge in [0.1, 0.15) is 5.69 Å². The number of piperidine rings is 1. The lowest BCUT2D eigenvalue weighted by Gasteiger charge is -2.34. The summed E-state index contributed by atoms with van der Waals surface area (Å²) in [5.41, 5.74) is 0.682. The summed E-state index contributed by atoms with van der Waals surface area (Å²) >= 11 is 0. The van der Waals surface area contributed by atoms with E-state index in [9.17, 15) is 4.79 Å². The second-order valence-corrected chi connectivity index (χ2v) is 4.53. The Labute approximate surface area is 96.2 Å². The molecule has 1 aliphatic rings. The molecule has 1 fully saturated rings. The number of amides is 1. The molecule has 1 amide bonds. The summed E-state index contributed by atoms with van der Waals surface area (Å²) in [7, 11) is 4.03. The molecule has 1 aromatic heterocycles. The van der Waals surface area contributed by atoms with E-state index in [0.29, 0.717) is 11.7 Å². The molecule has 4 nitrogen and oxygen atoms in total. The van der Waals surface area contributed by atoms with Crippen molar-refractivity contribution >= 4 is 5.91 Å². The molecule has 88 valence electrons. The number of hydrogen-bond acceptors (Lipinski definition) is 2. The van der Waals surface area contributed by atoms with Gasteiger partial charge in [0.15, 0.2) is 0 Å². The van der Waals surface area contributed by atoms with Crippen LogP contribution in [-0.2, 0) is 0 Å². The molecule has 0 atom stereocenters. The maximum absolute atomic E-state index is 12.1. The van der Waals surface area contributed by atoms with E-state index in [0.717, 1.165) is 25.9 Å². The summed E-state index contributed by atoms with van der Waals surface area (Å²) in [5.74, 6) is 0.0968. The molecule has 0 radical (unpaired) electrons. The molecule has 1 aliphatic heterocycles. The first-order valence-electron chi connectivity index (χ1n) is 5.77. The van der Waals surface area contributed by atoms with Crippen LogP contribution in [0.3, 0.4) is 0 Å². The molecule has 2 rings (SSSR count). The molecule has 1 aromatic rings. The van der Waals surface area contributed by atoms with Crippen LogP contribution in [0.4, 0.5) is 0 Å². The minimum atomic E-state index is 0.0968. The average Bonchev–Trinajstić information content (AvgIpc) is 2.81. The van der Waals surface area contributed by atoms with E-state index in [4.69, 9.17) is 0 Å². The van der Waals surface area contributed by atoms with E-state index in [1.165, 1.54) is 0 Å². The van der Waals surface area contributed by atoms with Gasteiger partial charge in [-0.15, -0.1) is 0 Å². The topological polar surface area (TPSA) is 39.3 Å². The van der Waals surface area contributed by atoms with Gasteiger partial charge in [0.05, 0.1) is 0 Å². The molecule has 0 aromatic carbocycles. The number of nitrogens with one attached hydrogen (secondary N) is 1. The average molecular weight is 221 g/mol. The predicted octanol–water partition coefficient (Wildman–Crippen LogP) is 1.18. The minimum Gasteiger partial charge on any atom is -0.357 e. The van der Waals surface area contributed by atoms with Gasteiger partial charge in [-0.25, -0.2) is 0 Å². The van der Waals surface area contributed by atoms with Crippen LogP contribution in [0.2, 0.25) is 0 Å². The first kappa shape index (κ1) is 11.2. The van der Waals surface area contributed by atoms with Gasteiger partial charge in [-0.05, 0) is 45.1 Å². The third-order valence-corrected chi connectivity index (χ3v) is 3.38. The maximum Gasteiger partial charge on any atom is 0.270 e. The van der Waals surface area contributed by atoms with Crippen LogP contribution in [0.25, 0.3) is 0 Å². The quantitative estimate of drug-likeness (QED) is 0.814. The van der Waals surface area contributed by atoms with Gasteiger partial charge < -0.3 is 14.8 Å². The van der Waals surface area contributed by atoms with Crippen molar-refractivity contribution < 1.29 is 4.79 Å². The third-order valence-electron chi connectivity index (χ3n) is 3.38. The van der Waals surface area contributed by atoms with Crippen LogP contribution in [0.5, 0.6) is 0 Å². The van der Waals surface area contributed by atoms with Gasteiger partial charge in [0.25, 0.3) is 5.91 Å². The Morgan fingerprint density at radius 3 is 2.75 bits per heavy atom. The molecule has 1 N–H and O–H groups in total. The molecule has 2 heterocycles. The molecule has 0 spiro atoms. The van der Waals surface area contributed by atoms with Crippen molar-refractivity contribution in [3.8, 4) is 0 Å². The summed E-state index contributed by atoms with van der Waals surface area (Å²) in [5, 5.41) is 0. The smallest absolute Gasteiger partial charge is 0.270 e. The molecule has 0 saturated carbocycles. The number of hydrogen-bond donors (Lipinski definition) is 1. The summed E-state index contributed by atoms with van der Waals surface area (Å²) in [6.45, 7) is 2.15. The lowest BCUT2D eigenvalue weighted by Crippen LogP contribution is -2.44. The highest BCUT2D eigenvalue weighted by Crippen LogP contribution is 2.15. The predicted molar refractivity (Wildman–Crippen MR) is 63.4 cm³/mol. The molecule has 1 saturated heterocycles. The van der Waals surface area contributed by atoms with Crippen molar-refractivity contribution in [1.29, 1.82) is 0 Å². The first-order chi connectivity index (χ1) is 7.68. The molecule has 16 heavy (non-hydrogen) atoms. The zero-order chi connectivity index (χ0) is 11.5. The van der Waals surface area contributed by atoms with E-state index in [2.05, 4.69) is 16.9 Å². The third kappa shape index (κ3) is 2.27. The van der Waals surface area contributed by atoms with Crippen molar-refractivity contribution in [2.75, 3.05) is 27.2 Å². The Morgan fingerprint density at radius 2 is 2.19 bits per heavy atom. The number of rotatable bonds is 2. The van der Waals surface area contributed by atoms with E-state index in [1.54, 1.807) is 6.20 Å². The van der Waals surface area contributed by atoms with E-state index >= 15 is 0 Å². The second kappa shape index (κ2) is 4.70. The zero-order valence-electron chi connectivity index (χ0n) is 9.94. The van der Waals surface area contributed by atoms with Crippen molar-refractivity contribution in [2.45, 2.75) is 18.9 Å². The summed E-state index contributed by atoms with van der Waals surface area (Å²) < 4.78 is 0. The number of aromatic nitrogens is 1. The van der Waals surface area contributed by atoms with E-state index in [1.807, 2.05) is 24.1 Å². The SMILES string of the molecule is CN1CCC(N(C)C(=O)c2ccc[nH]2)CC1. The molecular formula is C12H19N3O. The lowest BCUT2D eigenvalue weighted by atomic mass is 10.0. The van der Waals surface area contributed by atoms with Crippen molar-refractivity contribution in [3.63, 3.8) is 0 Å². The standard InChI is InChI=1S/C12H19N3O/c1-14-8-5-10(6-9-14)15(2)12(16)11-4-3-7-13-11/h3-4,7,10,13H,5-6,8-9H2,1-2H3. The van der Waals surface area contributed by atoms with Crippen LogP contribution in [0.1, 0.15) is 23.3 Å². The highest BCUT2D eigenvalue weighted by Gasteiger charge is 2.24. The summed E-state index contributed by atoms with van der Waals surface area (Å²) in [4.78, 5) is 19.2. The Hall–Kier alpha value is -1.29. The van der Waals surface area contributed by atoms with Crippen LogP contribution >= 0.6 is 0 Å². The fourth-order valence-electron chi connectivity index (χ4n) is 2.20. The van der Waals surface area contributed by atoms with Crippen molar-refractivity contribution in [1.82, 2.24) is 14.8 Å². The normalized spacial score (nSPS) is 18.6. The monoisotopic (exact) mass is 221 g/mol. The maximum atomic E-state index is 12.1. The molecule has 0 bridgehead atoms. The lowest BCUT2D eigenvalue weighted by molar-refractivity contribution is 0.0654. The Balaban J connectivity index is 1.97. The van der Waals surface area contributed by atoms with Crippen molar-refractivity contribution in [2.24, 2.45) is 0 Å². The van der Waals surface area contributed by atoms with Gasteiger partial charge in [-0.3, -0.25) is 4.79 Å². The fourth-order valence-corrected chi connectivity index (χ4v) is 2.20. The number of nitrogens with zero attached hydrogens (tertiary/aromatic N) is 2. The van der Waals surface area contributed by atoms with Crippen LogP contribution < -0.4 is 0 Å². The number of H-pyrrole nitrogens is 1. The van der Waals surface area contributed by atoms with E-state index in [-0.39, 0.29) is 5.91 Å². The minimum absolute atomic E-state index is 0.0968. The largest absolute Gasteiger partial charge is 0.357 e. The summed E-state index contributed by atoms with van der Waals surface area (Å²) in [6, 6.07) is 4.07. The Bertz CT molecular complexity index is 339. The Kier molecular flexibility index (Phi) is 3.29.